The van der Waals surface area contributed by atoms with Crippen molar-refractivity contribution < 1.29 is 27.5 Å². The summed E-state index contributed by atoms with van der Waals surface area (Å²) >= 11 is 0. The molecule has 0 fully saturated rings. The number of anilines is 1. The van der Waals surface area contributed by atoms with Gasteiger partial charge in [0.05, 0.1) is 17.3 Å². The van der Waals surface area contributed by atoms with Crippen molar-refractivity contribution in [2.24, 2.45) is 0 Å². The van der Waals surface area contributed by atoms with Crippen LogP contribution in [-0.4, -0.2) is 52.8 Å². The highest BCUT2D eigenvalue weighted by atomic mass is 19.4. The van der Waals surface area contributed by atoms with Gasteiger partial charge in [0.2, 0.25) is 5.91 Å². The van der Waals surface area contributed by atoms with Gasteiger partial charge in [0.1, 0.15) is 23.7 Å². The summed E-state index contributed by atoms with van der Waals surface area (Å²) in [7, 11) is 1.78. The van der Waals surface area contributed by atoms with Gasteiger partial charge in [-0.3, -0.25) is 14.3 Å². The van der Waals surface area contributed by atoms with Crippen molar-refractivity contribution in [3.8, 4) is 5.75 Å². The Kier molecular flexibility index (Phi) is 7.72. The van der Waals surface area contributed by atoms with Crippen LogP contribution < -0.4 is 20.7 Å². The van der Waals surface area contributed by atoms with Gasteiger partial charge in [0.25, 0.3) is 5.91 Å². The van der Waals surface area contributed by atoms with Gasteiger partial charge in [0, 0.05) is 30.7 Å². The van der Waals surface area contributed by atoms with E-state index in [1.165, 1.54) is 10.7 Å². The molecule has 0 saturated heterocycles. The van der Waals surface area contributed by atoms with E-state index in [4.69, 9.17) is 4.74 Å². The minimum absolute atomic E-state index is 0.00534. The van der Waals surface area contributed by atoms with Crippen molar-refractivity contribution in [3.05, 3.63) is 47.9 Å². The molecule has 0 atom stereocenters. The van der Waals surface area contributed by atoms with Crippen LogP contribution in [0.2, 0.25) is 0 Å². The number of nitrogens with one attached hydrogen (secondary N) is 3. The number of benzene rings is 1. The van der Waals surface area contributed by atoms with Crippen LogP contribution in [0.5, 0.6) is 5.75 Å². The third-order valence-corrected chi connectivity index (χ3v) is 4.54. The van der Waals surface area contributed by atoms with Crippen LogP contribution in [0.4, 0.5) is 18.9 Å². The van der Waals surface area contributed by atoms with Gasteiger partial charge in [-0.2, -0.15) is 18.3 Å². The van der Waals surface area contributed by atoms with E-state index >= 15 is 0 Å². The molecule has 2 aromatic heterocycles. The third kappa shape index (κ3) is 6.44. The molecule has 34 heavy (non-hydrogen) atoms. The zero-order valence-electron chi connectivity index (χ0n) is 18.9. The van der Waals surface area contributed by atoms with Crippen LogP contribution in [0.15, 0.2) is 36.5 Å². The molecule has 182 valence electrons. The maximum atomic E-state index is 13.0. The number of alkyl halides is 3. The van der Waals surface area contributed by atoms with E-state index < -0.39 is 17.8 Å². The Morgan fingerprint density at radius 1 is 1.18 bits per heavy atom. The van der Waals surface area contributed by atoms with Crippen LogP contribution in [0.3, 0.4) is 0 Å². The monoisotopic (exact) mass is 478 g/mol. The van der Waals surface area contributed by atoms with Crippen molar-refractivity contribution in [1.82, 2.24) is 25.4 Å². The second-order valence-electron chi connectivity index (χ2n) is 7.71. The van der Waals surface area contributed by atoms with E-state index in [1.807, 2.05) is 0 Å². The fraction of sp³-hybridized carbons (Fsp3) is 0.364. The highest BCUT2D eigenvalue weighted by molar-refractivity contribution is 6.05. The molecule has 0 aliphatic carbocycles. The molecule has 0 aliphatic rings. The molecule has 0 spiro atoms. The number of rotatable bonds is 9. The Morgan fingerprint density at radius 3 is 2.62 bits per heavy atom. The average Bonchev–Trinajstić information content (AvgIpc) is 3.14. The van der Waals surface area contributed by atoms with Crippen LogP contribution in [-0.2, 0) is 17.5 Å². The summed E-state index contributed by atoms with van der Waals surface area (Å²) in [6.07, 6.45) is -3.29. The van der Waals surface area contributed by atoms with Gasteiger partial charge in [-0.25, -0.2) is 4.98 Å². The SMILES string of the molecule is CNCCNC(=O)Cn1cc2cc(NC(=O)c3cccc(C(F)(F)F)n3)c(OC(C)C)cc2n1. The summed E-state index contributed by atoms with van der Waals surface area (Å²) in [6, 6.07) is 6.28. The van der Waals surface area contributed by atoms with Crippen molar-refractivity contribution in [1.29, 1.82) is 0 Å². The molecule has 0 bridgehead atoms. The Hall–Kier alpha value is -3.67. The highest BCUT2D eigenvalue weighted by Gasteiger charge is 2.33. The van der Waals surface area contributed by atoms with Crippen LogP contribution in [0.1, 0.15) is 30.0 Å². The number of carbonyl (C=O) groups is 2. The van der Waals surface area contributed by atoms with Gasteiger partial charge >= 0.3 is 6.18 Å². The van der Waals surface area contributed by atoms with E-state index in [0.29, 0.717) is 24.0 Å². The first-order chi connectivity index (χ1) is 16.1. The van der Waals surface area contributed by atoms with Gasteiger partial charge in [-0.05, 0) is 39.1 Å². The largest absolute Gasteiger partial charge is 0.489 e. The molecule has 3 aromatic rings. The number of pyridine rings is 1. The number of nitrogens with zero attached hydrogens (tertiary/aromatic N) is 3. The lowest BCUT2D eigenvalue weighted by atomic mass is 10.2. The fourth-order valence-corrected chi connectivity index (χ4v) is 3.07. The predicted molar refractivity (Wildman–Crippen MR) is 120 cm³/mol. The van der Waals surface area contributed by atoms with Crippen molar-refractivity contribution in [3.63, 3.8) is 0 Å². The second-order valence-corrected chi connectivity index (χ2v) is 7.71. The Labute approximate surface area is 193 Å². The summed E-state index contributed by atoms with van der Waals surface area (Å²) in [5.74, 6) is -0.757. The molecule has 0 radical (unpaired) electrons. The lowest BCUT2D eigenvalue weighted by Crippen LogP contribution is -2.33. The molecule has 3 rings (SSSR count). The maximum absolute atomic E-state index is 13.0. The van der Waals surface area contributed by atoms with E-state index in [-0.39, 0.29) is 35.7 Å². The summed E-state index contributed by atoms with van der Waals surface area (Å²) in [4.78, 5) is 28.2. The lowest BCUT2D eigenvalue weighted by Gasteiger charge is -2.15. The van der Waals surface area contributed by atoms with Crippen LogP contribution in [0.25, 0.3) is 10.9 Å². The molecule has 0 aliphatic heterocycles. The zero-order valence-corrected chi connectivity index (χ0v) is 18.9. The standard InChI is InChI=1S/C22H25F3N6O3/c1-13(2)34-18-10-16-14(11-31(30-16)12-20(32)27-8-7-26-3)9-17(18)29-21(33)15-5-4-6-19(28-15)22(23,24)25/h4-6,9-11,13,26H,7-8,12H2,1-3H3,(H,27,32)(H,29,33). The van der Waals surface area contributed by atoms with E-state index in [1.54, 1.807) is 39.2 Å². The fourth-order valence-electron chi connectivity index (χ4n) is 3.07. The van der Waals surface area contributed by atoms with Gasteiger partial charge in [-0.15, -0.1) is 0 Å². The first-order valence-corrected chi connectivity index (χ1v) is 10.5. The zero-order chi connectivity index (χ0) is 24.9. The highest BCUT2D eigenvalue weighted by Crippen LogP contribution is 2.32. The number of aromatic nitrogens is 3. The lowest BCUT2D eigenvalue weighted by molar-refractivity contribution is -0.141. The number of likely N-dealkylation sites (N-methyl/N-ethyl adjacent to an activating group) is 1. The van der Waals surface area contributed by atoms with Crippen LogP contribution in [0, 0.1) is 0 Å². The number of ether oxygens (including phenoxy) is 1. The van der Waals surface area contributed by atoms with Crippen LogP contribution >= 0.6 is 0 Å². The number of hydrogen-bond acceptors (Lipinski definition) is 6. The first-order valence-electron chi connectivity index (χ1n) is 10.5. The molecule has 1 aromatic carbocycles. The van der Waals surface area contributed by atoms with E-state index in [9.17, 15) is 22.8 Å². The average molecular weight is 478 g/mol. The predicted octanol–water partition coefficient (Wildman–Crippen LogP) is 2.83. The van der Waals surface area contributed by atoms with Gasteiger partial charge in [0.15, 0.2) is 0 Å². The molecular formula is C22H25F3N6O3. The number of carbonyl (C=O) groups excluding carboxylic acids is 2. The smallest absolute Gasteiger partial charge is 0.433 e. The topological polar surface area (TPSA) is 110 Å². The van der Waals surface area contributed by atoms with E-state index in [2.05, 4.69) is 26.0 Å². The van der Waals surface area contributed by atoms with Gasteiger partial charge in [-0.1, -0.05) is 6.07 Å². The van der Waals surface area contributed by atoms with E-state index in [0.717, 1.165) is 12.1 Å². The number of hydrogen-bond donors (Lipinski definition) is 3. The molecule has 2 heterocycles. The van der Waals surface area contributed by atoms with Crippen molar-refractivity contribution >= 4 is 28.4 Å². The van der Waals surface area contributed by atoms with Crippen molar-refractivity contribution in [2.45, 2.75) is 32.7 Å². The Balaban J connectivity index is 1.87. The Morgan fingerprint density at radius 2 is 1.94 bits per heavy atom. The molecule has 0 unspecified atom stereocenters. The molecule has 2 amide bonds. The Bertz CT molecular complexity index is 1180. The summed E-state index contributed by atoms with van der Waals surface area (Å²) < 4.78 is 46.1. The molecule has 12 heteroatoms. The maximum Gasteiger partial charge on any atom is 0.433 e. The molecular weight excluding hydrogens is 453 g/mol. The summed E-state index contributed by atoms with van der Waals surface area (Å²) in [6.45, 7) is 4.68. The van der Waals surface area contributed by atoms with Crippen molar-refractivity contribution in [2.75, 3.05) is 25.5 Å². The second kappa shape index (κ2) is 10.5. The first kappa shape index (κ1) is 25.0. The third-order valence-electron chi connectivity index (χ3n) is 4.54. The normalized spacial score (nSPS) is 11.6. The quantitative estimate of drug-likeness (QED) is 0.408. The molecule has 9 nitrogen and oxygen atoms in total. The summed E-state index contributed by atoms with van der Waals surface area (Å²) in [5, 5.41) is 13.2. The molecule has 0 saturated carbocycles. The number of halogens is 3. The minimum atomic E-state index is -4.67. The minimum Gasteiger partial charge on any atom is -0.489 e. The number of fused-ring (bicyclic) bond motifs is 1. The summed E-state index contributed by atoms with van der Waals surface area (Å²) in [5.41, 5.74) is -0.791. The van der Waals surface area contributed by atoms with Gasteiger partial charge < -0.3 is 20.7 Å². The molecule has 3 N–H and O–H groups in total. The number of amides is 2.